The van der Waals surface area contributed by atoms with Gasteiger partial charge in [-0.1, -0.05) is 30.7 Å². The number of carbonyl (C=O) groups is 1. The number of rotatable bonds is 9. The van der Waals surface area contributed by atoms with Gasteiger partial charge in [0.25, 0.3) is 5.91 Å². The molecule has 0 aliphatic carbocycles. The van der Waals surface area contributed by atoms with E-state index in [1.54, 1.807) is 6.07 Å². The zero-order chi connectivity index (χ0) is 23.1. The monoisotopic (exact) mass is 461 g/mol. The normalized spacial score (nSPS) is 19.2. The van der Waals surface area contributed by atoms with Gasteiger partial charge in [0.2, 0.25) is 0 Å². The van der Waals surface area contributed by atoms with Crippen LogP contribution in [0.25, 0.3) is 0 Å². The van der Waals surface area contributed by atoms with Gasteiger partial charge < -0.3 is 15.0 Å². The first-order chi connectivity index (χ1) is 15.4. The molecule has 5 nitrogen and oxygen atoms in total. The van der Waals surface area contributed by atoms with Gasteiger partial charge in [0, 0.05) is 48.8 Å². The van der Waals surface area contributed by atoms with Crippen molar-refractivity contribution in [3.63, 3.8) is 0 Å². The van der Waals surface area contributed by atoms with Crippen LogP contribution in [0.4, 0.5) is 4.39 Å². The Hall–Kier alpha value is -2.15. The molecule has 2 atom stereocenters. The molecule has 1 aliphatic heterocycles. The average molecular weight is 462 g/mol. The summed E-state index contributed by atoms with van der Waals surface area (Å²) in [5.41, 5.74) is 2.02. The van der Waals surface area contributed by atoms with Crippen LogP contribution in [0, 0.1) is 5.82 Å². The zero-order valence-electron chi connectivity index (χ0n) is 19.1. The molecule has 1 heterocycles. The Morgan fingerprint density at radius 1 is 1.16 bits per heavy atom. The van der Waals surface area contributed by atoms with Gasteiger partial charge in [0.15, 0.2) is 6.61 Å². The Morgan fingerprint density at radius 3 is 2.62 bits per heavy atom. The van der Waals surface area contributed by atoms with Gasteiger partial charge in [-0.2, -0.15) is 0 Å². The SMILES string of the molecule is CCCNCc1cc(Cl)ccc1OCC(=O)N1C[C@H](C)N(Cc2ccc(F)cc2)C[C@H]1C. The Bertz CT molecular complexity index is 893. The van der Waals surface area contributed by atoms with E-state index in [2.05, 4.69) is 31.0 Å². The Balaban J connectivity index is 1.56. The van der Waals surface area contributed by atoms with Crippen molar-refractivity contribution in [2.24, 2.45) is 0 Å². The molecule has 174 valence electrons. The van der Waals surface area contributed by atoms with E-state index in [-0.39, 0.29) is 30.4 Å². The van der Waals surface area contributed by atoms with Crippen molar-refractivity contribution in [2.45, 2.75) is 52.4 Å². The Labute approximate surface area is 195 Å². The summed E-state index contributed by atoms with van der Waals surface area (Å²) in [6.45, 7) is 9.98. The van der Waals surface area contributed by atoms with Crippen LogP contribution in [-0.4, -0.2) is 54.0 Å². The number of amides is 1. The van der Waals surface area contributed by atoms with Crippen molar-refractivity contribution in [2.75, 3.05) is 26.2 Å². The molecule has 1 fully saturated rings. The van der Waals surface area contributed by atoms with Crippen molar-refractivity contribution in [1.29, 1.82) is 0 Å². The summed E-state index contributed by atoms with van der Waals surface area (Å²) in [6, 6.07) is 12.4. The number of hydrogen-bond donors (Lipinski definition) is 1. The van der Waals surface area contributed by atoms with Crippen LogP contribution in [0.5, 0.6) is 5.75 Å². The molecule has 0 spiro atoms. The van der Waals surface area contributed by atoms with Crippen LogP contribution in [-0.2, 0) is 17.9 Å². The van der Waals surface area contributed by atoms with Crippen LogP contribution in [0.3, 0.4) is 0 Å². The van der Waals surface area contributed by atoms with E-state index >= 15 is 0 Å². The van der Waals surface area contributed by atoms with Crippen LogP contribution in [0.2, 0.25) is 5.02 Å². The molecule has 32 heavy (non-hydrogen) atoms. The van der Waals surface area contributed by atoms with E-state index in [4.69, 9.17) is 16.3 Å². The minimum absolute atomic E-state index is 0.00255. The maximum absolute atomic E-state index is 13.2. The minimum Gasteiger partial charge on any atom is -0.483 e. The molecule has 1 saturated heterocycles. The highest BCUT2D eigenvalue weighted by Crippen LogP contribution is 2.24. The van der Waals surface area contributed by atoms with Crippen molar-refractivity contribution in [3.8, 4) is 5.75 Å². The second kappa shape index (κ2) is 11.6. The van der Waals surface area contributed by atoms with Crippen molar-refractivity contribution in [3.05, 3.63) is 64.4 Å². The number of piperazine rings is 1. The van der Waals surface area contributed by atoms with Crippen LogP contribution < -0.4 is 10.1 Å². The van der Waals surface area contributed by atoms with Crippen molar-refractivity contribution in [1.82, 2.24) is 15.1 Å². The molecular weight excluding hydrogens is 429 g/mol. The number of ether oxygens (including phenoxy) is 1. The molecular formula is C25H33ClFN3O2. The molecule has 7 heteroatoms. The van der Waals surface area contributed by atoms with E-state index in [0.717, 1.165) is 37.2 Å². The summed E-state index contributed by atoms with van der Waals surface area (Å²) in [5.74, 6) is 0.436. The van der Waals surface area contributed by atoms with Crippen LogP contribution in [0.15, 0.2) is 42.5 Å². The maximum Gasteiger partial charge on any atom is 0.260 e. The molecule has 2 aromatic carbocycles. The van der Waals surface area contributed by atoms with Gasteiger partial charge >= 0.3 is 0 Å². The lowest BCUT2D eigenvalue weighted by Crippen LogP contribution is -2.58. The van der Waals surface area contributed by atoms with E-state index in [9.17, 15) is 9.18 Å². The van der Waals surface area contributed by atoms with E-state index < -0.39 is 0 Å². The molecule has 0 bridgehead atoms. The standard InChI is InChI=1S/C25H33ClFN3O2/c1-4-11-28-13-21-12-22(26)7-10-24(21)32-17-25(31)30-15-18(2)29(14-19(30)3)16-20-5-8-23(27)9-6-20/h5-10,12,18-19,28H,4,11,13-17H2,1-3H3/t18-,19+/m0/s1. The molecule has 0 unspecified atom stereocenters. The van der Waals surface area contributed by atoms with E-state index in [1.165, 1.54) is 12.1 Å². The number of halogens is 2. The maximum atomic E-state index is 13.2. The summed E-state index contributed by atoms with van der Waals surface area (Å²) in [6.07, 6.45) is 1.04. The van der Waals surface area contributed by atoms with Crippen molar-refractivity contribution >= 4 is 17.5 Å². The summed E-state index contributed by atoms with van der Waals surface area (Å²) >= 11 is 6.15. The third-order valence-electron chi connectivity index (χ3n) is 5.85. The summed E-state index contributed by atoms with van der Waals surface area (Å²) in [5, 5.41) is 4.00. The van der Waals surface area contributed by atoms with Gasteiger partial charge in [-0.25, -0.2) is 4.39 Å². The zero-order valence-corrected chi connectivity index (χ0v) is 19.9. The number of nitrogens with one attached hydrogen (secondary N) is 1. The van der Waals surface area contributed by atoms with Crippen molar-refractivity contribution < 1.29 is 13.9 Å². The lowest BCUT2D eigenvalue weighted by Gasteiger charge is -2.44. The highest BCUT2D eigenvalue weighted by atomic mass is 35.5. The highest BCUT2D eigenvalue weighted by Gasteiger charge is 2.32. The van der Waals surface area contributed by atoms with Gasteiger partial charge in [-0.05, 0) is 62.7 Å². The molecule has 3 rings (SSSR count). The highest BCUT2D eigenvalue weighted by molar-refractivity contribution is 6.30. The molecule has 0 radical (unpaired) electrons. The lowest BCUT2D eigenvalue weighted by atomic mass is 10.1. The summed E-state index contributed by atoms with van der Waals surface area (Å²) in [4.78, 5) is 17.2. The summed E-state index contributed by atoms with van der Waals surface area (Å²) in [7, 11) is 0. The summed E-state index contributed by atoms with van der Waals surface area (Å²) < 4.78 is 19.1. The second-order valence-electron chi connectivity index (χ2n) is 8.52. The minimum atomic E-state index is -0.226. The smallest absolute Gasteiger partial charge is 0.260 e. The number of carbonyl (C=O) groups excluding carboxylic acids is 1. The Morgan fingerprint density at radius 2 is 1.91 bits per heavy atom. The predicted octanol–water partition coefficient (Wildman–Crippen LogP) is 4.48. The molecule has 0 aromatic heterocycles. The second-order valence-corrected chi connectivity index (χ2v) is 8.95. The molecule has 1 amide bonds. The molecule has 1 aliphatic rings. The topological polar surface area (TPSA) is 44.8 Å². The van der Waals surface area contributed by atoms with E-state index in [0.29, 0.717) is 23.9 Å². The Kier molecular flexibility index (Phi) is 8.91. The van der Waals surface area contributed by atoms with Crippen LogP contribution >= 0.6 is 11.6 Å². The first-order valence-electron chi connectivity index (χ1n) is 11.3. The average Bonchev–Trinajstić information content (AvgIpc) is 2.77. The first-order valence-corrected chi connectivity index (χ1v) is 11.6. The molecule has 2 aromatic rings. The largest absolute Gasteiger partial charge is 0.483 e. The van der Waals surface area contributed by atoms with Crippen LogP contribution in [0.1, 0.15) is 38.3 Å². The fraction of sp³-hybridized carbons (Fsp3) is 0.480. The lowest BCUT2D eigenvalue weighted by molar-refractivity contribution is -0.139. The van der Waals surface area contributed by atoms with Gasteiger partial charge in [-0.3, -0.25) is 9.69 Å². The van der Waals surface area contributed by atoms with Gasteiger partial charge in [0.05, 0.1) is 0 Å². The third kappa shape index (κ3) is 6.67. The van der Waals surface area contributed by atoms with Gasteiger partial charge in [-0.15, -0.1) is 0 Å². The number of nitrogens with zero attached hydrogens (tertiary/aromatic N) is 2. The first kappa shape index (κ1) is 24.5. The third-order valence-corrected chi connectivity index (χ3v) is 6.09. The fourth-order valence-electron chi connectivity index (χ4n) is 4.04. The molecule has 1 N–H and O–H groups in total. The fourth-order valence-corrected chi connectivity index (χ4v) is 4.23. The number of hydrogen-bond acceptors (Lipinski definition) is 4. The quantitative estimate of drug-likeness (QED) is 0.559. The predicted molar refractivity (Wildman–Crippen MR) is 126 cm³/mol. The number of benzene rings is 2. The van der Waals surface area contributed by atoms with Gasteiger partial charge in [0.1, 0.15) is 11.6 Å². The van der Waals surface area contributed by atoms with E-state index in [1.807, 2.05) is 29.2 Å². The molecule has 0 saturated carbocycles.